The normalized spacial score (nSPS) is 14.8. The average molecular weight is 292 g/mol. The molecule has 1 aliphatic heterocycles. The molecule has 0 spiro atoms. The van der Waals surface area contributed by atoms with E-state index < -0.39 is 0 Å². The van der Waals surface area contributed by atoms with Crippen molar-refractivity contribution in [1.29, 1.82) is 0 Å². The number of carbonyl (C=O) groups excluding carboxylic acids is 1. The third kappa shape index (κ3) is 3.93. The molecule has 0 bridgehead atoms. The summed E-state index contributed by atoms with van der Waals surface area (Å²) in [6.07, 6.45) is 3.43. The number of rotatable bonds is 3. The van der Waals surface area contributed by atoms with Crippen molar-refractivity contribution in [2.24, 2.45) is 0 Å². The van der Waals surface area contributed by atoms with E-state index in [4.69, 9.17) is 17.0 Å². The third-order valence-electron chi connectivity index (χ3n) is 3.30. The topological polar surface area (TPSA) is 41.6 Å². The summed E-state index contributed by atoms with van der Waals surface area (Å²) in [5, 5.41) is 3.32. The number of likely N-dealkylation sites (tertiary alicyclic amines) is 1. The summed E-state index contributed by atoms with van der Waals surface area (Å²) in [7, 11) is 0. The van der Waals surface area contributed by atoms with Gasteiger partial charge in [-0.1, -0.05) is 0 Å². The first-order valence-corrected chi connectivity index (χ1v) is 7.44. The molecule has 1 N–H and O–H groups in total. The van der Waals surface area contributed by atoms with Crippen LogP contribution in [-0.2, 0) is 4.74 Å². The van der Waals surface area contributed by atoms with Crippen LogP contribution in [-0.4, -0.2) is 35.7 Å². The maximum atomic E-state index is 12.3. The second-order valence-corrected chi connectivity index (χ2v) is 5.15. The number of hydrogen-bond acceptors (Lipinski definition) is 3. The largest absolute Gasteiger partial charge is 0.471 e. The quantitative estimate of drug-likeness (QED) is 0.869. The van der Waals surface area contributed by atoms with E-state index in [1.54, 1.807) is 0 Å². The number of nitrogens with one attached hydrogen (secondary N) is 1. The van der Waals surface area contributed by atoms with Gasteiger partial charge in [0.25, 0.3) is 11.1 Å². The number of ether oxygens (including phenoxy) is 1. The molecule has 1 fully saturated rings. The Morgan fingerprint density at radius 1 is 1.25 bits per heavy atom. The van der Waals surface area contributed by atoms with E-state index in [2.05, 4.69) is 5.32 Å². The minimum absolute atomic E-state index is 0.114. The van der Waals surface area contributed by atoms with Gasteiger partial charge in [0.15, 0.2) is 0 Å². The Bertz CT molecular complexity index is 467. The van der Waals surface area contributed by atoms with Crippen LogP contribution in [0, 0.1) is 0 Å². The molecule has 0 saturated carbocycles. The average Bonchev–Trinajstić information content (AvgIpc) is 2.48. The molecule has 0 unspecified atom stereocenters. The van der Waals surface area contributed by atoms with Crippen molar-refractivity contribution in [3.05, 3.63) is 29.8 Å². The Kier molecular flexibility index (Phi) is 5.35. The van der Waals surface area contributed by atoms with E-state index in [9.17, 15) is 4.79 Å². The molecule has 1 amide bonds. The van der Waals surface area contributed by atoms with Crippen LogP contribution in [0.15, 0.2) is 24.3 Å². The molecule has 0 atom stereocenters. The van der Waals surface area contributed by atoms with Gasteiger partial charge in [0.2, 0.25) is 0 Å². The molecule has 20 heavy (non-hydrogen) atoms. The predicted octanol–water partition coefficient (Wildman–Crippen LogP) is 3.05. The molecule has 4 nitrogen and oxygen atoms in total. The van der Waals surface area contributed by atoms with Crippen LogP contribution in [0.5, 0.6) is 0 Å². The van der Waals surface area contributed by atoms with Gasteiger partial charge in [-0.3, -0.25) is 4.79 Å². The van der Waals surface area contributed by atoms with E-state index in [0.29, 0.717) is 11.8 Å². The minimum Gasteiger partial charge on any atom is -0.471 e. The Morgan fingerprint density at radius 2 is 1.90 bits per heavy atom. The van der Waals surface area contributed by atoms with Crippen molar-refractivity contribution < 1.29 is 9.53 Å². The van der Waals surface area contributed by atoms with Crippen LogP contribution in [0.4, 0.5) is 5.69 Å². The molecule has 0 radical (unpaired) electrons. The number of benzene rings is 1. The summed E-state index contributed by atoms with van der Waals surface area (Å²) in [5.74, 6) is 0.114. The molecular formula is C15H20N2O2S. The van der Waals surface area contributed by atoms with Gasteiger partial charge >= 0.3 is 0 Å². The zero-order valence-corrected chi connectivity index (χ0v) is 12.5. The summed E-state index contributed by atoms with van der Waals surface area (Å²) in [5.41, 5.74) is 1.55. The van der Waals surface area contributed by atoms with Crippen LogP contribution in [0.3, 0.4) is 0 Å². The second kappa shape index (κ2) is 7.24. The third-order valence-corrected chi connectivity index (χ3v) is 3.52. The fourth-order valence-electron chi connectivity index (χ4n) is 2.26. The van der Waals surface area contributed by atoms with Crippen LogP contribution in [0.1, 0.15) is 36.5 Å². The SMILES string of the molecule is CCOC(=S)Nc1ccc(C(=O)N2CCCCC2)cc1. The van der Waals surface area contributed by atoms with Crippen molar-refractivity contribution in [1.82, 2.24) is 4.90 Å². The number of thiocarbonyl (C=S) groups is 1. The second-order valence-electron chi connectivity index (χ2n) is 4.78. The summed E-state index contributed by atoms with van der Waals surface area (Å²) >= 11 is 5.01. The van der Waals surface area contributed by atoms with Gasteiger partial charge in [-0.15, -0.1) is 0 Å². The van der Waals surface area contributed by atoms with Gasteiger partial charge in [-0.05, 0) is 62.7 Å². The first-order valence-electron chi connectivity index (χ1n) is 7.04. The van der Waals surface area contributed by atoms with E-state index in [-0.39, 0.29) is 5.91 Å². The van der Waals surface area contributed by atoms with E-state index >= 15 is 0 Å². The highest BCUT2D eigenvalue weighted by Gasteiger charge is 2.17. The first-order chi connectivity index (χ1) is 9.70. The Hall–Kier alpha value is -1.62. The summed E-state index contributed by atoms with van der Waals surface area (Å²) in [6.45, 7) is 4.16. The van der Waals surface area contributed by atoms with E-state index in [0.717, 1.165) is 37.2 Å². The van der Waals surface area contributed by atoms with Gasteiger partial charge in [0, 0.05) is 24.3 Å². The maximum absolute atomic E-state index is 12.3. The molecule has 5 heteroatoms. The Labute approximate surface area is 125 Å². The molecule has 1 heterocycles. The van der Waals surface area contributed by atoms with Gasteiger partial charge < -0.3 is 15.0 Å². The van der Waals surface area contributed by atoms with Crippen molar-refractivity contribution in [2.45, 2.75) is 26.2 Å². The lowest BCUT2D eigenvalue weighted by Crippen LogP contribution is -2.35. The van der Waals surface area contributed by atoms with Gasteiger partial charge in [-0.2, -0.15) is 0 Å². The first kappa shape index (κ1) is 14.8. The van der Waals surface area contributed by atoms with Crippen LogP contribution < -0.4 is 5.32 Å². The molecule has 1 aromatic carbocycles. The maximum Gasteiger partial charge on any atom is 0.261 e. The van der Waals surface area contributed by atoms with Crippen molar-refractivity contribution in [3.8, 4) is 0 Å². The molecule has 1 aliphatic rings. The fourth-order valence-corrected chi connectivity index (χ4v) is 2.50. The molecular weight excluding hydrogens is 272 g/mol. The predicted molar refractivity (Wildman–Crippen MR) is 84.0 cm³/mol. The summed E-state index contributed by atoms with van der Waals surface area (Å²) < 4.78 is 5.16. The Balaban J connectivity index is 1.96. The number of nitrogens with zero attached hydrogens (tertiary/aromatic N) is 1. The molecule has 2 rings (SSSR count). The van der Waals surface area contributed by atoms with Crippen molar-refractivity contribution in [2.75, 3.05) is 25.0 Å². The number of hydrogen-bond donors (Lipinski definition) is 1. The monoisotopic (exact) mass is 292 g/mol. The standard InChI is InChI=1S/C15H20N2O2S/c1-2-19-15(20)16-13-8-6-12(7-9-13)14(18)17-10-4-3-5-11-17/h6-9H,2-5,10-11H2,1H3,(H,16,20). The van der Waals surface area contributed by atoms with Crippen molar-refractivity contribution >= 4 is 29.0 Å². The van der Waals surface area contributed by atoms with Gasteiger partial charge in [-0.25, -0.2) is 0 Å². The molecule has 108 valence electrons. The van der Waals surface area contributed by atoms with Crippen LogP contribution >= 0.6 is 12.2 Å². The zero-order valence-electron chi connectivity index (χ0n) is 11.7. The Morgan fingerprint density at radius 3 is 2.50 bits per heavy atom. The molecule has 1 aromatic rings. The number of carbonyl (C=O) groups is 1. The van der Waals surface area contributed by atoms with Crippen molar-refractivity contribution in [3.63, 3.8) is 0 Å². The number of anilines is 1. The zero-order chi connectivity index (χ0) is 14.4. The molecule has 0 aliphatic carbocycles. The lowest BCUT2D eigenvalue weighted by Gasteiger charge is -2.26. The molecule has 1 saturated heterocycles. The van der Waals surface area contributed by atoms with Gasteiger partial charge in [0.05, 0.1) is 6.61 Å². The fraction of sp³-hybridized carbons (Fsp3) is 0.467. The minimum atomic E-state index is 0.114. The number of amides is 1. The van der Waals surface area contributed by atoms with E-state index in [1.807, 2.05) is 36.1 Å². The summed E-state index contributed by atoms with van der Waals surface area (Å²) in [4.78, 5) is 14.2. The highest BCUT2D eigenvalue weighted by molar-refractivity contribution is 7.80. The highest BCUT2D eigenvalue weighted by Crippen LogP contribution is 2.15. The molecule has 0 aromatic heterocycles. The van der Waals surface area contributed by atoms with Crippen LogP contribution in [0.2, 0.25) is 0 Å². The smallest absolute Gasteiger partial charge is 0.261 e. The lowest BCUT2D eigenvalue weighted by atomic mass is 10.1. The summed E-state index contributed by atoms with van der Waals surface area (Å²) in [6, 6.07) is 7.35. The van der Waals surface area contributed by atoms with Gasteiger partial charge in [0.1, 0.15) is 0 Å². The lowest BCUT2D eigenvalue weighted by molar-refractivity contribution is 0.0724. The highest BCUT2D eigenvalue weighted by atomic mass is 32.1. The van der Waals surface area contributed by atoms with E-state index in [1.165, 1.54) is 6.42 Å². The number of piperidine rings is 1. The van der Waals surface area contributed by atoms with Crippen LogP contribution in [0.25, 0.3) is 0 Å².